The van der Waals surface area contributed by atoms with Crippen molar-refractivity contribution in [2.45, 2.75) is 25.3 Å². The number of nitrogens with zero attached hydrogens (tertiary/aromatic N) is 1. The van der Waals surface area contributed by atoms with E-state index in [1.165, 1.54) is 6.07 Å². The molecule has 0 aliphatic carbocycles. The Bertz CT molecular complexity index is 419. The number of benzene rings is 1. The van der Waals surface area contributed by atoms with E-state index in [-0.39, 0.29) is 18.3 Å². The topological polar surface area (TPSA) is 40.5 Å². The van der Waals surface area contributed by atoms with Crippen molar-refractivity contribution < 1.29 is 14.3 Å². The number of fused-ring (bicyclic) bond motifs is 1. The van der Waals surface area contributed by atoms with Crippen molar-refractivity contribution >= 4 is 11.7 Å². The molecule has 0 radical (unpaired) electrons. The van der Waals surface area contributed by atoms with E-state index in [1.54, 1.807) is 6.07 Å². The Hall–Kier alpha value is -1.58. The van der Waals surface area contributed by atoms with E-state index >= 15 is 0 Å². The second kappa shape index (κ2) is 4.12. The van der Waals surface area contributed by atoms with Crippen LogP contribution in [-0.4, -0.2) is 24.2 Å². The van der Waals surface area contributed by atoms with Gasteiger partial charge in [0.05, 0.1) is 0 Å². The Morgan fingerprint density at radius 2 is 2.38 bits per heavy atom. The number of carboxylic acid groups (broad SMARTS) is 1. The quantitative estimate of drug-likeness (QED) is 0.852. The number of likely N-dealkylation sites (N-methyl/N-ethyl adjacent to an activating group) is 1. The van der Waals surface area contributed by atoms with E-state index in [9.17, 15) is 9.18 Å². The van der Waals surface area contributed by atoms with Gasteiger partial charge in [-0.25, -0.2) is 4.39 Å². The van der Waals surface area contributed by atoms with Gasteiger partial charge >= 0.3 is 5.97 Å². The lowest BCUT2D eigenvalue weighted by Gasteiger charge is -2.21. The van der Waals surface area contributed by atoms with Gasteiger partial charge in [0.25, 0.3) is 0 Å². The van der Waals surface area contributed by atoms with Gasteiger partial charge in [-0.15, -0.1) is 0 Å². The average Bonchev–Trinajstić information content (AvgIpc) is 2.55. The second-order valence-electron chi connectivity index (χ2n) is 4.14. The summed E-state index contributed by atoms with van der Waals surface area (Å²) >= 11 is 0. The molecule has 16 heavy (non-hydrogen) atoms. The third-order valence-electron chi connectivity index (χ3n) is 3.15. The highest BCUT2D eigenvalue weighted by atomic mass is 19.1. The van der Waals surface area contributed by atoms with Gasteiger partial charge in [0.15, 0.2) is 0 Å². The molecule has 1 atom stereocenters. The highest BCUT2D eigenvalue weighted by Crippen LogP contribution is 2.34. The maximum Gasteiger partial charge on any atom is 0.303 e. The standard InChI is InChI=1S/C12H14FNO2/c1-14-8(5-6-12(15)16)7-9-10(13)3-2-4-11(9)14/h2-4,8H,5-7H2,1H3,(H,15,16). The van der Waals surface area contributed by atoms with Crippen molar-refractivity contribution in [3.8, 4) is 0 Å². The van der Waals surface area contributed by atoms with E-state index in [1.807, 2.05) is 18.0 Å². The number of hydrogen-bond acceptors (Lipinski definition) is 2. The Balaban J connectivity index is 2.14. The molecule has 4 heteroatoms. The second-order valence-corrected chi connectivity index (χ2v) is 4.14. The number of aliphatic carboxylic acids is 1. The molecule has 0 saturated carbocycles. The first kappa shape index (κ1) is 10.9. The van der Waals surface area contributed by atoms with Crippen LogP contribution in [0.3, 0.4) is 0 Å². The summed E-state index contributed by atoms with van der Waals surface area (Å²) in [5.41, 5.74) is 1.59. The largest absolute Gasteiger partial charge is 0.481 e. The van der Waals surface area contributed by atoms with Gasteiger partial charge in [0.2, 0.25) is 0 Å². The Labute approximate surface area is 93.5 Å². The minimum Gasteiger partial charge on any atom is -0.481 e. The van der Waals surface area contributed by atoms with Crippen LogP contribution in [0.25, 0.3) is 0 Å². The first-order valence-corrected chi connectivity index (χ1v) is 5.31. The van der Waals surface area contributed by atoms with Crippen molar-refractivity contribution in [2.24, 2.45) is 0 Å². The van der Waals surface area contributed by atoms with Crippen LogP contribution in [0.4, 0.5) is 10.1 Å². The molecule has 0 amide bonds. The number of halogens is 1. The summed E-state index contributed by atoms with van der Waals surface area (Å²) in [5, 5.41) is 8.64. The van der Waals surface area contributed by atoms with Gasteiger partial charge < -0.3 is 10.0 Å². The van der Waals surface area contributed by atoms with Crippen molar-refractivity contribution in [3.05, 3.63) is 29.6 Å². The minimum atomic E-state index is -0.801. The van der Waals surface area contributed by atoms with Crippen molar-refractivity contribution in [2.75, 3.05) is 11.9 Å². The van der Waals surface area contributed by atoms with E-state index < -0.39 is 5.97 Å². The van der Waals surface area contributed by atoms with Gasteiger partial charge in [0, 0.05) is 30.8 Å². The molecule has 1 aliphatic heterocycles. The molecule has 1 aliphatic rings. The molecule has 0 bridgehead atoms. The molecule has 0 aromatic heterocycles. The first-order chi connectivity index (χ1) is 7.59. The molecule has 2 rings (SSSR count). The molecule has 1 N–H and O–H groups in total. The number of carbonyl (C=O) groups is 1. The van der Waals surface area contributed by atoms with Crippen molar-refractivity contribution in [1.82, 2.24) is 0 Å². The summed E-state index contributed by atoms with van der Waals surface area (Å²) < 4.78 is 13.5. The molecule has 0 fully saturated rings. The molecular formula is C12H14FNO2. The lowest BCUT2D eigenvalue weighted by atomic mass is 10.1. The third kappa shape index (κ3) is 1.87. The monoisotopic (exact) mass is 223 g/mol. The van der Waals surface area contributed by atoms with Gasteiger partial charge in [-0.1, -0.05) is 6.07 Å². The van der Waals surface area contributed by atoms with Crippen LogP contribution < -0.4 is 4.90 Å². The van der Waals surface area contributed by atoms with Gasteiger partial charge in [-0.2, -0.15) is 0 Å². The van der Waals surface area contributed by atoms with E-state index in [4.69, 9.17) is 5.11 Å². The number of carboxylic acids is 1. The molecule has 1 unspecified atom stereocenters. The number of rotatable bonds is 3. The van der Waals surface area contributed by atoms with E-state index in [2.05, 4.69) is 0 Å². The third-order valence-corrected chi connectivity index (χ3v) is 3.15. The Kier molecular flexibility index (Phi) is 2.81. The van der Waals surface area contributed by atoms with Crippen LogP contribution in [0.15, 0.2) is 18.2 Å². The molecule has 1 heterocycles. The summed E-state index contributed by atoms with van der Waals surface area (Å²) in [7, 11) is 1.89. The number of anilines is 1. The maximum atomic E-state index is 13.5. The highest BCUT2D eigenvalue weighted by molar-refractivity contribution is 5.67. The first-order valence-electron chi connectivity index (χ1n) is 5.31. The van der Waals surface area contributed by atoms with Crippen LogP contribution in [0.5, 0.6) is 0 Å². The zero-order valence-corrected chi connectivity index (χ0v) is 9.11. The predicted octanol–water partition coefficient (Wildman–Crippen LogP) is 2.05. The summed E-state index contributed by atoms with van der Waals surface area (Å²) in [5.74, 6) is -0.994. The van der Waals surface area contributed by atoms with E-state index in [0.29, 0.717) is 18.4 Å². The molecular weight excluding hydrogens is 209 g/mol. The Morgan fingerprint density at radius 3 is 3.00 bits per heavy atom. The van der Waals surface area contributed by atoms with Crippen molar-refractivity contribution in [1.29, 1.82) is 0 Å². The van der Waals surface area contributed by atoms with Gasteiger partial charge in [0.1, 0.15) is 5.82 Å². The van der Waals surface area contributed by atoms with Crippen LogP contribution in [0.1, 0.15) is 18.4 Å². The van der Waals surface area contributed by atoms with Gasteiger partial charge in [-0.05, 0) is 25.0 Å². The van der Waals surface area contributed by atoms with E-state index in [0.717, 1.165) is 5.69 Å². The fraction of sp³-hybridized carbons (Fsp3) is 0.417. The molecule has 0 spiro atoms. The summed E-state index contributed by atoms with van der Waals surface area (Å²) in [4.78, 5) is 12.5. The van der Waals surface area contributed by atoms with Crippen LogP contribution in [-0.2, 0) is 11.2 Å². The van der Waals surface area contributed by atoms with Crippen LogP contribution in [0, 0.1) is 5.82 Å². The normalized spacial score (nSPS) is 18.6. The predicted molar refractivity (Wildman–Crippen MR) is 59.2 cm³/mol. The maximum absolute atomic E-state index is 13.5. The summed E-state index contributed by atoms with van der Waals surface area (Å²) in [6.45, 7) is 0. The highest BCUT2D eigenvalue weighted by Gasteiger charge is 2.28. The molecule has 0 saturated heterocycles. The fourth-order valence-corrected chi connectivity index (χ4v) is 2.23. The SMILES string of the molecule is CN1c2cccc(F)c2CC1CCC(=O)O. The zero-order valence-electron chi connectivity index (χ0n) is 9.11. The molecule has 1 aromatic rings. The van der Waals surface area contributed by atoms with Crippen LogP contribution >= 0.6 is 0 Å². The van der Waals surface area contributed by atoms with Gasteiger partial charge in [-0.3, -0.25) is 4.79 Å². The van der Waals surface area contributed by atoms with Crippen molar-refractivity contribution in [3.63, 3.8) is 0 Å². The fourth-order valence-electron chi connectivity index (χ4n) is 2.23. The number of hydrogen-bond donors (Lipinski definition) is 1. The lowest BCUT2D eigenvalue weighted by molar-refractivity contribution is -0.137. The molecule has 1 aromatic carbocycles. The Morgan fingerprint density at radius 1 is 1.62 bits per heavy atom. The smallest absolute Gasteiger partial charge is 0.303 e. The molecule has 86 valence electrons. The molecule has 3 nitrogen and oxygen atoms in total. The average molecular weight is 223 g/mol. The lowest BCUT2D eigenvalue weighted by Crippen LogP contribution is -2.28. The summed E-state index contributed by atoms with van der Waals surface area (Å²) in [6.07, 6.45) is 1.29. The summed E-state index contributed by atoms with van der Waals surface area (Å²) in [6, 6.07) is 5.11. The zero-order chi connectivity index (χ0) is 11.7. The van der Waals surface area contributed by atoms with Crippen LogP contribution in [0.2, 0.25) is 0 Å². The minimum absolute atomic E-state index is 0.1000.